The third kappa shape index (κ3) is 30.8. The number of nitrogens with one attached hydrogen (secondary N) is 1. The van der Waals surface area contributed by atoms with Crippen LogP contribution in [0.25, 0.3) is 0 Å². The maximum Gasteiger partial charge on any atom is 0.434 e. The number of H-pyrrole nitrogens is 1. The molecule has 0 amide bonds. The quantitative estimate of drug-likeness (QED) is 0.00939. The van der Waals surface area contributed by atoms with Crippen molar-refractivity contribution in [2.24, 2.45) is 34.5 Å². The predicted molar refractivity (Wildman–Crippen MR) is 372 cm³/mol. The van der Waals surface area contributed by atoms with Crippen molar-refractivity contribution in [1.82, 2.24) is 33.2 Å². The fraction of sp³-hybridized carbons (Fsp3) is 0.604. The summed E-state index contributed by atoms with van der Waals surface area (Å²) in [5.41, 5.74) is 23.5. The second-order valence-corrected chi connectivity index (χ2v) is 31.9. The highest BCUT2D eigenvalue weighted by molar-refractivity contribution is 7.54. The maximum absolute atomic E-state index is 12.7. The molecule has 31 nitrogen and oxygen atoms in total. The summed E-state index contributed by atoms with van der Waals surface area (Å²) in [6, 6.07) is 10.3. The zero-order valence-corrected chi connectivity index (χ0v) is 62.4. The Bertz CT molecular complexity index is 3370. The summed E-state index contributed by atoms with van der Waals surface area (Å²) in [4.78, 5) is 47.8. The Balaban J connectivity index is 0.000000628. The molecule has 3 heterocycles. The molecule has 0 saturated heterocycles. The average Bonchev–Trinajstić information content (AvgIpc) is 1.39. The van der Waals surface area contributed by atoms with E-state index in [0.29, 0.717) is 78.4 Å². The van der Waals surface area contributed by atoms with Crippen molar-refractivity contribution < 1.29 is 56.0 Å². The van der Waals surface area contributed by atoms with Crippen molar-refractivity contribution >= 4 is 122 Å². The Hall–Kier alpha value is -3.98. The number of benzene rings is 1. The van der Waals surface area contributed by atoms with E-state index in [1.807, 2.05) is 34.6 Å². The van der Waals surface area contributed by atoms with E-state index < -0.39 is 73.6 Å². The summed E-state index contributed by atoms with van der Waals surface area (Å²) in [7, 11) is -12.6. The van der Waals surface area contributed by atoms with E-state index in [-0.39, 0.29) is 59.8 Å². The molecule has 0 aliphatic heterocycles. The Morgan fingerprint density at radius 2 is 1.10 bits per heavy atom. The van der Waals surface area contributed by atoms with Crippen LogP contribution in [0, 0.1) is 76.5 Å². The third-order valence-corrected chi connectivity index (χ3v) is 21.8. The first-order valence-electron chi connectivity index (χ1n) is 28.8. The van der Waals surface area contributed by atoms with Crippen molar-refractivity contribution in [3.05, 3.63) is 117 Å². The summed E-state index contributed by atoms with van der Waals surface area (Å²) in [5, 5.41) is 43.0. The third-order valence-electron chi connectivity index (χ3n) is 12.4. The SMILES string of the molecule is CC(C)(C#Cc1ccc([N+](=O)[O-])cc1)OP(N)(=O)N(CCCl)CCCl.CCCN(CCCl)P(N)(=O)OC(C)c1cc(C)c([N+](=O)[O-])s1.CCCN(CCCl)P(N)(=O)OC(C)c1cnc([N+](=O)[O-])n1C.CCCN(CCCl)P(N)(=O)OCC(C)(C)C#Cc1ccc([N+](=O)[O-])[nH]1. The Morgan fingerprint density at radius 1 is 0.638 bits per heavy atom. The number of nitrogens with zero attached hydrogens (tertiary/aromatic N) is 10. The van der Waals surface area contributed by atoms with Gasteiger partial charge in [0.15, 0.2) is 5.69 Å². The number of aromatic nitrogens is 3. The molecule has 0 saturated carbocycles. The molecule has 4 aromatic rings. The molecule has 94 heavy (non-hydrogen) atoms. The molecule has 0 bridgehead atoms. The largest absolute Gasteiger partial charge is 0.434 e. The lowest BCUT2D eigenvalue weighted by molar-refractivity contribution is -0.396. The van der Waals surface area contributed by atoms with Gasteiger partial charge in [-0.2, -0.15) is 0 Å². The standard InChI is InChI=1S/C15H20Cl2N3O4P.C15H24ClN4O4P.C12H21ClN3O4PS.C11H21ClN5O4P/c1-15(2,24-25(18,23)19(11-9-16)12-10-17)8-7-13-3-5-14(6-4-13)20(21)22;1-4-10-19(11-9-16)25(17,23)24-12-15(2,3)8-7-13-5-6-14(18-13)20(21)22;1-4-6-15(7-5-13)21(14,19)20-10(3)11-8-9(2)12(22-11)16(17)18;1-4-6-16(7-5-12)22(13,20)21-9(2)10-8-14-11(15(10)3)17(18)19/h3-6H,9-12H2,1-2H3,(H2,18,23);5-6,18H,4,9-12H2,1-3H3,(H2,17,23);8,10H,4-7H2,1-3H3,(H2,14,19);8-9H,4-7H2,1-3H3,(H2,13,20). The smallest absolute Gasteiger partial charge is 0.390 e. The van der Waals surface area contributed by atoms with Gasteiger partial charge in [-0.25, -0.2) is 50.2 Å². The van der Waals surface area contributed by atoms with Gasteiger partial charge in [0.05, 0.1) is 35.0 Å². The number of nitro benzene ring substituents is 1. The lowest BCUT2D eigenvalue weighted by atomic mass is 9.96. The predicted octanol–water partition coefficient (Wildman–Crippen LogP) is 13.4. The van der Waals surface area contributed by atoms with E-state index in [9.17, 15) is 58.7 Å². The van der Waals surface area contributed by atoms with Crippen LogP contribution in [0.4, 0.5) is 22.5 Å². The Labute approximate surface area is 577 Å². The molecule has 0 radical (unpaired) electrons. The molecular formula is C53H86Cl5N15O16P4S. The van der Waals surface area contributed by atoms with Crippen LogP contribution in [-0.2, 0) is 43.4 Å². The van der Waals surface area contributed by atoms with Crippen molar-refractivity contribution in [3.8, 4) is 23.7 Å². The molecule has 9 N–H and O–H groups in total. The first-order valence-corrected chi connectivity index (χ1v) is 38.9. The van der Waals surface area contributed by atoms with Gasteiger partial charge in [0.25, 0.3) is 5.69 Å². The molecule has 6 unspecified atom stereocenters. The zero-order valence-electron chi connectivity index (χ0n) is 54.2. The number of imidazole rings is 1. The van der Waals surface area contributed by atoms with Crippen LogP contribution in [0.5, 0.6) is 0 Å². The normalized spacial score (nSPS) is 14.8. The van der Waals surface area contributed by atoms with E-state index in [1.165, 1.54) is 68.2 Å². The number of nitrogens with two attached hydrogens (primary N) is 4. The zero-order chi connectivity index (χ0) is 72.0. The lowest BCUT2D eigenvalue weighted by Gasteiger charge is -2.31. The summed E-state index contributed by atoms with van der Waals surface area (Å²) in [6.07, 6.45) is 2.29. The minimum absolute atomic E-state index is 0.0229. The molecule has 6 atom stereocenters. The molecule has 4 rings (SSSR count). The molecule has 0 spiro atoms. The summed E-state index contributed by atoms with van der Waals surface area (Å²) in [6.45, 7) is 20.8. The van der Waals surface area contributed by atoms with Gasteiger partial charge in [-0.15, -0.1) is 58.0 Å². The first kappa shape index (κ1) is 88.0. The molecule has 0 fully saturated rings. The second-order valence-electron chi connectivity index (χ2n) is 21.3. The fourth-order valence-corrected chi connectivity index (χ4v) is 16.7. The number of hydrogen-bond donors (Lipinski definition) is 5. The minimum atomic E-state index is -3.63. The Morgan fingerprint density at radius 3 is 1.49 bits per heavy atom. The molecular weight excluding hydrogens is 1440 g/mol. The van der Waals surface area contributed by atoms with Crippen LogP contribution in [-0.4, -0.2) is 147 Å². The van der Waals surface area contributed by atoms with Gasteiger partial charge in [0.1, 0.15) is 23.6 Å². The number of halogens is 5. The van der Waals surface area contributed by atoms with E-state index in [1.54, 1.807) is 45.4 Å². The number of aromatic amines is 1. The van der Waals surface area contributed by atoms with Crippen molar-refractivity contribution in [1.29, 1.82) is 0 Å². The highest BCUT2D eigenvalue weighted by Crippen LogP contribution is 2.50. The van der Waals surface area contributed by atoms with Crippen molar-refractivity contribution in [2.75, 3.05) is 88.4 Å². The van der Waals surface area contributed by atoms with E-state index in [0.717, 1.165) is 30.6 Å². The highest BCUT2D eigenvalue weighted by Gasteiger charge is 2.36. The minimum Gasteiger partial charge on any atom is -0.390 e. The number of thiophene rings is 1. The van der Waals surface area contributed by atoms with Gasteiger partial charge in [-0.1, -0.05) is 54.9 Å². The van der Waals surface area contributed by atoms with E-state index >= 15 is 0 Å². The number of alkyl halides is 5. The van der Waals surface area contributed by atoms with E-state index in [4.69, 9.17) is 98.1 Å². The average molecular weight is 1520 g/mol. The fourth-order valence-electron chi connectivity index (χ4n) is 7.82. The van der Waals surface area contributed by atoms with Gasteiger partial charge < -0.3 is 24.8 Å². The topological polar surface area (TPSA) is 428 Å². The molecule has 0 aliphatic rings. The van der Waals surface area contributed by atoms with Gasteiger partial charge in [-0.05, 0) is 102 Å². The number of aryl methyl sites for hydroxylation is 1. The number of hydrogen-bond acceptors (Lipinski definition) is 18. The van der Waals surface area contributed by atoms with Crippen LogP contribution < -0.4 is 22.0 Å². The Kier molecular flexibility index (Phi) is 39.4. The van der Waals surface area contributed by atoms with Gasteiger partial charge in [0.2, 0.25) is 0 Å². The highest BCUT2D eigenvalue weighted by atomic mass is 35.5. The van der Waals surface area contributed by atoms with Crippen LogP contribution in [0.1, 0.15) is 121 Å². The number of rotatable bonds is 35. The molecule has 1 aromatic carbocycles. The lowest BCUT2D eigenvalue weighted by Crippen LogP contribution is -2.34. The van der Waals surface area contributed by atoms with Gasteiger partial charge >= 0.3 is 47.4 Å². The molecule has 3 aromatic heterocycles. The van der Waals surface area contributed by atoms with Crippen LogP contribution in [0.3, 0.4) is 0 Å². The monoisotopic (exact) mass is 1520 g/mol. The number of nitro groups is 4. The van der Waals surface area contributed by atoms with Crippen LogP contribution >= 0.6 is 100 Å². The summed E-state index contributed by atoms with van der Waals surface area (Å²) < 4.78 is 79.7. The van der Waals surface area contributed by atoms with Crippen LogP contribution in [0.2, 0.25) is 0 Å². The van der Waals surface area contributed by atoms with Crippen molar-refractivity contribution in [3.63, 3.8) is 0 Å². The maximum atomic E-state index is 12.7. The van der Waals surface area contributed by atoms with Crippen molar-refractivity contribution in [2.45, 2.75) is 106 Å². The molecule has 41 heteroatoms. The summed E-state index contributed by atoms with van der Waals surface area (Å²) in [5.74, 6) is 12.3. The van der Waals surface area contributed by atoms with Gasteiger partial charge in [0, 0.05) is 122 Å². The first-order chi connectivity index (χ1) is 43.7. The molecule has 0 aliphatic carbocycles. The van der Waals surface area contributed by atoms with E-state index in [2.05, 4.69) is 33.6 Å². The summed E-state index contributed by atoms with van der Waals surface area (Å²) >= 11 is 29.5. The number of non-ortho nitro benzene ring substituents is 1. The van der Waals surface area contributed by atoms with Crippen LogP contribution in [0.15, 0.2) is 48.7 Å². The van der Waals surface area contributed by atoms with Gasteiger partial charge in [-0.3, -0.25) is 52.1 Å². The second kappa shape index (κ2) is 42.1. The molecule has 530 valence electrons.